The number of ether oxygens (including phenoxy) is 1. The number of hydrogen-bond donors (Lipinski definition) is 0. The predicted octanol–water partition coefficient (Wildman–Crippen LogP) is 1.92. The first-order valence-electron chi connectivity index (χ1n) is 3.30. The number of rotatable bonds is 1. The molecular weight excluding hydrogens is 176 g/mol. The Labute approximate surface area is 75.6 Å². The Morgan fingerprint density at radius 1 is 1.67 bits per heavy atom. The molecule has 1 aromatic rings. The van der Waals surface area contributed by atoms with E-state index in [1.165, 1.54) is 13.2 Å². The molecule has 0 fully saturated rings. The minimum Gasteiger partial charge on any atom is -0.495 e. The van der Waals surface area contributed by atoms with E-state index < -0.39 is 0 Å². The fourth-order valence-corrected chi connectivity index (χ4v) is 1.13. The van der Waals surface area contributed by atoms with Crippen LogP contribution in [0.4, 0.5) is 0 Å². The lowest BCUT2D eigenvalue weighted by Gasteiger charge is -2.04. The van der Waals surface area contributed by atoms with Crippen LogP contribution in [0.15, 0.2) is 6.07 Å². The van der Waals surface area contributed by atoms with Gasteiger partial charge in [0.15, 0.2) is 0 Å². The van der Waals surface area contributed by atoms with Gasteiger partial charge in [-0.3, -0.25) is 0 Å². The minimum absolute atomic E-state index is 0.336. The predicted molar refractivity (Wildman–Crippen MR) is 45.3 cm³/mol. The molecule has 0 spiro atoms. The van der Waals surface area contributed by atoms with Crippen molar-refractivity contribution in [3.8, 4) is 11.8 Å². The maximum absolute atomic E-state index is 8.71. The summed E-state index contributed by atoms with van der Waals surface area (Å²) in [6, 6.07) is 3.52. The average Bonchev–Trinajstić information content (AvgIpc) is 2.03. The van der Waals surface area contributed by atoms with Crippen LogP contribution < -0.4 is 4.74 Å². The number of nitriles is 1. The number of nitrogens with zero attached hydrogens (tertiary/aromatic N) is 2. The number of aryl methyl sites for hydroxylation is 1. The Kier molecular flexibility index (Phi) is 2.51. The van der Waals surface area contributed by atoms with Crippen molar-refractivity contribution < 1.29 is 4.74 Å². The van der Waals surface area contributed by atoms with E-state index in [0.717, 1.165) is 0 Å². The Bertz CT molecular complexity index is 344. The van der Waals surface area contributed by atoms with Crippen molar-refractivity contribution in [2.45, 2.75) is 6.92 Å². The lowest BCUT2D eigenvalue weighted by molar-refractivity contribution is 0.412. The smallest absolute Gasteiger partial charge is 0.141 e. The molecule has 1 heterocycles. The fourth-order valence-electron chi connectivity index (χ4n) is 0.904. The van der Waals surface area contributed by atoms with Gasteiger partial charge in [-0.15, -0.1) is 0 Å². The van der Waals surface area contributed by atoms with Gasteiger partial charge in [0.25, 0.3) is 0 Å². The molecule has 1 rings (SSSR count). The van der Waals surface area contributed by atoms with Crippen LogP contribution in [-0.4, -0.2) is 12.1 Å². The quantitative estimate of drug-likeness (QED) is 0.624. The van der Waals surface area contributed by atoms with Crippen LogP contribution in [0.25, 0.3) is 0 Å². The van der Waals surface area contributed by atoms with Gasteiger partial charge in [0, 0.05) is 6.07 Å². The molecule has 1 aromatic heterocycles. The Balaban J connectivity index is 3.36. The molecule has 0 bridgehead atoms. The van der Waals surface area contributed by atoms with Gasteiger partial charge in [-0.25, -0.2) is 4.98 Å². The number of hydrogen-bond acceptors (Lipinski definition) is 3. The molecule has 0 aliphatic rings. The van der Waals surface area contributed by atoms with Crippen LogP contribution in [0.5, 0.6) is 5.75 Å². The zero-order chi connectivity index (χ0) is 9.14. The van der Waals surface area contributed by atoms with Crippen molar-refractivity contribution in [1.29, 1.82) is 5.26 Å². The third-order valence-corrected chi connectivity index (χ3v) is 1.66. The minimum atomic E-state index is 0.336. The van der Waals surface area contributed by atoms with Crippen LogP contribution in [0.1, 0.15) is 11.3 Å². The largest absolute Gasteiger partial charge is 0.495 e. The number of halogens is 1. The van der Waals surface area contributed by atoms with E-state index in [2.05, 4.69) is 4.98 Å². The third-order valence-electron chi connectivity index (χ3n) is 1.46. The van der Waals surface area contributed by atoms with Gasteiger partial charge in [0.1, 0.15) is 22.5 Å². The van der Waals surface area contributed by atoms with Gasteiger partial charge in [-0.05, 0) is 6.92 Å². The van der Waals surface area contributed by atoms with Gasteiger partial charge in [0.2, 0.25) is 0 Å². The van der Waals surface area contributed by atoms with Crippen LogP contribution in [0.3, 0.4) is 0 Å². The number of pyridine rings is 1. The molecule has 4 heteroatoms. The highest BCUT2D eigenvalue weighted by Crippen LogP contribution is 2.22. The van der Waals surface area contributed by atoms with E-state index in [9.17, 15) is 0 Å². The fraction of sp³-hybridized carbons (Fsp3) is 0.250. The molecule has 0 saturated carbocycles. The second-order valence-electron chi connectivity index (χ2n) is 2.22. The molecule has 0 aromatic carbocycles. The standard InChI is InChI=1S/C8H7ClN2O/c1-5-6(4-10)7(12-2)3-8(9)11-5/h3H,1-2H3. The maximum Gasteiger partial charge on any atom is 0.141 e. The van der Waals surface area contributed by atoms with Gasteiger partial charge in [-0.1, -0.05) is 11.6 Å². The van der Waals surface area contributed by atoms with Gasteiger partial charge in [-0.2, -0.15) is 5.26 Å². The Hall–Kier alpha value is -1.27. The highest BCUT2D eigenvalue weighted by Gasteiger charge is 2.07. The van der Waals surface area contributed by atoms with Crippen LogP contribution in [0, 0.1) is 18.3 Å². The second kappa shape index (κ2) is 3.42. The summed E-state index contributed by atoms with van der Waals surface area (Å²) in [5, 5.41) is 9.04. The molecule has 0 atom stereocenters. The van der Waals surface area contributed by atoms with Crippen molar-refractivity contribution in [2.75, 3.05) is 7.11 Å². The normalized spacial score (nSPS) is 9.17. The lowest BCUT2D eigenvalue weighted by atomic mass is 10.2. The van der Waals surface area contributed by atoms with Crippen LogP contribution in [0.2, 0.25) is 5.15 Å². The number of aromatic nitrogens is 1. The topological polar surface area (TPSA) is 45.9 Å². The summed E-state index contributed by atoms with van der Waals surface area (Å²) < 4.78 is 4.95. The summed E-state index contributed by atoms with van der Waals surface area (Å²) in [6.07, 6.45) is 0. The summed E-state index contributed by atoms with van der Waals surface area (Å²) in [7, 11) is 1.49. The van der Waals surface area contributed by atoms with Crippen molar-refractivity contribution in [3.63, 3.8) is 0 Å². The van der Waals surface area contributed by atoms with Gasteiger partial charge >= 0.3 is 0 Å². The molecule has 0 radical (unpaired) electrons. The van der Waals surface area contributed by atoms with E-state index in [4.69, 9.17) is 21.6 Å². The second-order valence-corrected chi connectivity index (χ2v) is 2.61. The van der Waals surface area contributed by atoms with Gasteiger partial charge in [0.05, 0.1) is 12.8 Å². The van der Waals surface area contributed by atoms with E-state index in [1.54, 1.807) is 6.92 Å². The first-order valence-corrected chi connectivity index (χ1v) is 3.68. The molecular formula is C8H7ClN2O. The average molecular weight is 183 g/mol. The SMILES string of the molecule is COc1cc(Cl)nc(C)c1C#N. The first kappa shape index (κ1) is 8.82. The molecule has 0 aliphatic carbocycles. The first-order chi connectivity index (χ1) is 5.69. The molecule has 0 aliphatic heterocycles. The van der Waals surface area contributed by atoms with E-state index >= 15 is 0 Å². The summed E-state index contributed by atoms with van der Waals surface area (Å²) in [5.41, 5.74) is 1.02. The molecule has 0 N–H and O–H groups in total. The zero-order valence-electron chi connectivity index (χ0n) is 6.76. The van der Waals surface area contributed by atoms with E-state index in [1.807, 2.05) is 6.07 Å². The van der Waals surface area contributed by atoms with E-state index in [-0.39, 0.29) is 0 Å². The summed E-state index contributed by atoms with van der Waals surface area (Å²) >= 11 is 5.66. The molecule has 12 heavy (non-hydrogen) atoms. The Morgan fingerprint density at radius 2 is 2.33 bits per heavy atom. The number of methoxy groups -OCH3 is 1. The third kappa shape index (κ3) is 1.49. The monoisotopic (exact) mass is 182 g/mol. The lowest BCUT2D eigenvalue weighted by Crippen LogP contribution is -1.94. The maximum atomic E-state index is 8.71. The van der Waals surface area contributed by atoms with Crippen molar-refractivity contribution in [3.05, 3.63) is 22.5 Å². The summed E-state index contributed by atoms with van der Waals surface area (Å²) in [6.45, 7) is 1.72. The van der Waals surface area contributed by atoms with Crippen LogP contribution >= 0.6 is 11.6 Å². The molecule has 0 unspecified atom stereocenters. The van der Waals surface area contributed by atoms with E-state index in [0.29, 0.717) is 22.2 Å². The van der Waals surface area contributed by atoms with Crippen molar-refractivity contribution in [2.24, 2.45) is 0 Å². The highest BCUT2D eigenvalue weighted by atomic mass is 35.5. The molecule has 0 saturated heterocycles. The van der Waals surface area contributed by atoms with Crippen molar-refractivity contribution in [1.82, 2.24) is 4.98 Å². The van der Waals surface area contributed by atoms with Crippen LogP contribution in [-0.2, 0) is 0 Å². The molecule has 62 valence electrons. The highest BCUT2D eigenvalue weighted by molar-refractivity contribution is 6.29. The van der Waals surface area contributed by atoms with Gasteiger partial charge < -0.3 is 4.74 Å². The summed E-state index contributed by atoms with van der Waals surface area (Å²) in [4.78, 5) is 3.92. The molecule has 3 nitrogen and oxygen atoms in total. The zero-order valence-corrected chi connectivity index (χ0v) is 7.51. The Morgan fingerprint density at radius 3 is 2.83 bits per heavy atom. The molecule has 0 amide bonds. The van der Waals surface area contributed by atoms with Crippen molar-refractivity contribution >= 4 is 11.6 Å². The summed E-state index contributed by atoms with van der Waals surface area (Å²) in [5.74, 6) is 0.468.